The van der Waals surface area contributed by atoms with Crippen molar-refractivity contribution in [3.63, 3.8) is 0 Å². The van der Waals surface area contributed by atoms with Crippen LogP contribution in [0, 0.1) is 10.8 Å². The number of aromatic amines is 1. The monoisotopic (exact) mass is 834 g/mol. The average molecular weight is 835 g/mol. The average Bonchev–Trinajstić information content (AvgIpc) is 3.69. The molecule has 2 unspecified atom stereocenters. The normalized spacial score (nSPS) is 22.9. The Hall–Kier alpha value is -5.75. The molecule has 10 nitrogen and oxygen atoms in total. The van der Waals surface area contributed by atoms with Crippen LogP contribution in [0.1, 0.15) is 91.9 Å². The first-order valence-corrected chi connectivity index (χ1v) is 18.4. The van der Waals surface area contributed by atoms with E-state index in [-0.39, 0.29) is 75.9 Å². The van der Waals surface area contributed by atoms with E-state index in [0.29, 0.717) is 4.68 Å². The third-order valence-corrected chi connectivity index (χ3v) is 11.2. The highest BCUT2D eigenvalue weighted by Gasteiger charge is 2.52. The number of ketones is 2. The standard InChI is InChI=1S/C40H35F9N6O4/c1-36(2)13-21-28(23(56)15-36)26(18-8-7-9-19(12-18)59-40(47,48)49)31-33(39(44,45)46)55(54-35(31)51-21)17-37(3)14-22-29(24(57)16-37)27(20-10-5-6-11-25(20)58-4)30-32(38(41,42)43)52-53-34(30)50-22/h5-12,26-27H,13-17H2,1-4H3,(H,51,54)(H2,50,52,53)/t26?,27-,37?/m0/s1. The number of carbonyl (C=O) groups excluding carboxylic acids is 2. The number of rotatable bonds is 6. The highest BCUT2D eigenvalue weighted by Crippen LogP contribution is 2.56. The minimum atomic E-state index is -5.15. The Morgan fingerprint density at radius 1 is 0.780 bits per heavy atom. The lowest BCUT2D eigenvalue weighted by atomic mass is 9.68. The molecular formula is C40H35F9N6O4. The molecule has 3 N–H and O–H groups in total. The summed E-state index contributed by atoms with van der Waals surface area (Å²) in [5, 5.41) is 16.1. The number of hydrogen-bond acceptors (Lipinski definition) is 8. The number of nitrogens with one attached hydrogen (secondary N) is 3. The zero-order valence-corrected chi connectivity index (χ0v) is 31.7. The van der Waals surface area contributed by atoms with E-state index >= 15 is 13.2 Å². The fraction of sp³-hybridized carbons (Fsp3) is 0.400. The van der Waals surface area contributed by atoms with Crippen LogP contribution in [0.5, 0.6) is 11.5 Å². The van der Waals surface area contributed by atoms with Gasteiger partial charge < -0.3 is 20.1 Å². The van der Waals surface area contributed by atoms with Gasteiger partial charge in [-0.25, -0.2) is 0 Å². The first-order valence-electron chi connectivity index (χ1n) is 18.4. The van der Waals surface area contributed by atoms with Crippen molar-refractivity contribution in [3.8, 4) is 11.5 Å². The molecule has 4 heterocycles. The second-order valence-corrected chi connectivity index (χ2v) is 16.4. The van der Waals surface area contributed by atoms with Gasteiger partial charge in [-0.2, -0.15) is 36.5 Å². The predicted molar refractivity (Wildman–Crippen MR) is 192 cm³/mol. The SMILES string of the molecule is COc1ccccc1[C@H]1C2=C(CC(C)(Cn3nc4c(c3C(F)(F)F)C(c3cccc(OC(F)(F)F)c3)C3=C(CC(C)(C)CC3=O)N4)CC2=O)Nc2n[nH]c(C(F)(F)F)c21. The summed E-state index contributed by atoms with van der Waals surface area (Å²) in [5.41, 5.74) is -4.74. The molecule has 59 heavy (non-hydrogen) atoms. The van der Waals surface area contributed by atoms with Crippen LogP contribution >= 0.6 is 0 Å². The molecule has 0 fully saturated rings. The topological polar surface area (TPSA) is 123 Å². The van der Waals surface area contributed by atoms with Crippen molar-refractivity contribution in [3.05, 3.63) is 105 Å². The van der Waals surface area contributed by atoms with Crippen molar-refractivity contribution < 1.29 is 58.6 Å². The minimum absolute atomic E-state index is 0.0251. The molecule has 0 saturated heterocycles. The highest BCUT2D eigenvalue weighted by atomic mass is 19.4. The number of H-pyrrole nitrogens is 1. The van der Waals surface area contributed by atoms with E-state index in [1.54, 1.807) is 32.9 Å². The van der Waals surface area contributed by atoms with E-state index in [1.807, 2.05) is 5.10 Å². The van der Waals surface area contributed by atoms with Crippen LogP contribution < -0.4 is 20.1 Å². The number of Topliss-reactive ketones (excluding diaryl/α,β-unsaturated/α-hetero) is 2. The van der Waals surface area contributed by atoms with Gasteiger partial charge in [0.15, 0.2) is 23.2 Å². The van der Waals surface area contributed by atoms with Crippen molar-refractivity contribution in [2.75, 3.05) is 17.7 Å². The Bertz CT molecular complexity index is 2470. The Kier molecular flexibility index (Phi) is 9.09. The van der Waals surface area contributed by atoms with Crippen LogP contribution in [-0.4, -0.2) is 45.0 Å². The molecule has 0 bridgehead atoms. The summed E-state index contributed by atoms with van der Waals surface area (Å²) in [7, 11) is 1.33. The van der Waals surface area contributed by atoms with E-state index in [4.69, 9.17) is 4.74 Å². The van der Waals surface area contributed by atoms with Crippen molar-refractivity contribution in [2.45, 2.75) is 83.6 Å². The Morgan fingerprint density at radius 2 is 1.44 bits per heavy atom. The maximum atomic E-state index is 15.5. The van der Waals surface area contributed by atoms with Gasteiger partial charge in [-0.15, -0.1) is 13.2 Å². The van der Waals surface area contributed by atoms with E-state index in [2.05, 4.69) is 25.6 Å². The van der Waals surface area contributed by atoms with E-state index in [0.717, 1.165) is 12.1 Å². The molecule has 4 aliphatic rings. The van der Waals surface area contributed by atoms with Crippen LogP contribution in [0.25, 0.3) is 0 Å². The maximum absolute atomic E-state index is 15.5. The molecule has 0 spiro atoms. The van der Waals surface area contributed by atoms with E-state index in [9.17, 15) is 35.9 Å². The summed E-state index contributed by atoms with van der Waals surface area (Å²) in [4.78, 5) is 28.2. The Morgan fingerprint density at radius 3 is 2.12 bits per heavy atom. The molecule has 8 rings (SSSR count). The molecule has 0 amide bonds. The van der Waals surface area contributed by atoms with Gasteiger partial charge >= 0.3 is 18.7 Å². The maximum Gasteiger partial charge on any atom is 0.573 e. The zero-order chi connectivity index (χ0) is 42.6. The Balaban J connectivity index is 1.25. The molecule has 19 heteroatoms. The van der Waals surface area contributed by atoms with Crippen LogP contribution in [0.15, 0.2) is 71.1 Å². The lowest BCUT2D eigenvalue weighted by Gasteiger charge is -2.40. The number of aromatic nitrogens is 4. The number of anilines is 2. The second kappa shape index (κ2) is 13.4. The fourth-order valence-electron chi connectivity index (χ4n) is 9.15. The number of nitrogens with zero attached hydrogens (tertiary/aromatic N) is 3. The van der Waals surface area contributed by atoms with Crippen molar-refractivity contribution in [1.82, 2.24) is 20.0 Å². The molecule has 0 saturated carbocycles. The molecule has 0 radical (unpaired) electrons. The molecule has 2 aliphatic heterocycles. The third kappa shape index (κ3) is 7.11. The second-order valence-electron chi connectivity index (χ2n) is 16.4. The highest BCUT2D eigenvalue weighted by molar-refractivity contribution is 6.02. The molecule has 3 atom stereocenters. The molecule has 2 aliphatic carbocycles. The third-order valence-electron chi connectivity index (χ3n) is 11.2. The fourth-order valence-corrected chi connectivity index (χ4v) is 9.15. The summed E-state index contributed by atoms with van der Waals surface area (Å²) >= 11 is 0. The number of carbonyl (C=O) groups is 2. The van der Waals surface area contributed by atoms with Crippen LogP contribution in [0.4, 0.5) is 51.1 Å². The van der Waals surface area contributed by atoms with Crippen LogP contribution in [-0.2, 0) is 28.5 Å². The van der Waals surface area contributed by atoms with Gasteiger partial charge in [0.2, 0.25) is 0 Å². The number of ether oxygens (including phenoxy) is 2. The number of benzene rings is 2. The molecule has 2 aromatic carbocycles. The van der Waals surface area contributed by atoms with Gasteiger partial charge in [0.05, 0.1) is 7.11 Å². The quantitative estimate of drug-likeness (QED) is 0.164. The number of para-hydroxylation sites is 1. The number of allylic oxidation sites excluding steroid dienone is 4. The number of hydrogen-bond donors (Lipinski definition) is 3. The van der Waals surface area contributed by atoms with Gasteiger partial charge in [0.1, 0.15) is 22.9 Å². The Labute approximate surface area is 329 Å². The first kappa shape index (κ1) is 40.0. The van der Waals surface area contributed by atoms with E-state index < -0.39 is 88.6 Å². The van der Waals surface area contributed by atoms with Gasteiger partial charge in [-0.1, -0.05) is 51.1 Å². The van der Waals surface area contributed by atoms with E-state index in [1.165, 1.54) is 31.4 Å². The minimum Gasteiger partial charge on any atom is -0.496 e. The first-order chi connectivity index (χ1) is 27.5. The number of alkyl halides is 9. The summed E-state index contributed by atoms with van der Waals surface area (Å²) in [6, 6.07) is 10.7. The van der Waals surface area contributed by atoms with Crippen molar-refractivity contribution in [1.29, 1.82) is 0 Å². The zero-order valence-electron chi connectivity index (χ0n) is 31.7. The summed E-state index contributed by atoms with van der Waals surface area (Å²) in [6.45, 7) is 4.61. The summed E-state index contributed by atoms with van der Waals surface area (Å²) < 4.78 is 140. The molecule has 2 aromatic heterocycles. The lowest BCUT2D eigenvalue weighted by molar-refractivity contribution is -0.274. The van der Waals surface area contributed by atoms with Gasteiger partial charge in [0.25, 0.3) is 0 Å². The van der Waals surface area contributed by atoms with Crippen LogP contribution in [0.3, 0.4) is 0 Å². The lowest BCUT2D eigenvalue weighted by Crippen LogP contribution is -2.38. The van der Waals surface area contributed by atoms with Crippen LogP contribution in [0.2, 0.25) is 0 Å². The predicted octanol–water partition coefficient (Wildman–Crippen LogP) is 9.63. The molecule has 312 valence electrons. The van der Waals surface area contributed by atoms with Crippen molar-refractivity contribution in [2.24, 2.45) is 10.8 Å². The number of fused-ring (bicyclic) bond motifs is 2. The van der Waals surface area contributed by atoms with Crippen molar-refractivity contribution >= 4 is 23.2 Å². The van der Waals surface area contributed by atoms with Gasteiger partial charge in [0, 0.05) is 70.5 Å². The largest absolute Gasteiger partial charge is 0.573 e. The molecular weight excluding hydrogens is 799 g/mol. The summed E-state index contributed by atoms with van der Waals surface area (Å²) in [6.07, 6.45) is -15.5. The number of halogens is 9. The van der Waals surface area contributed by atoms with Gasteiger partial charge in [-0.3, -0.25) is 19.4 Å². The smallest absolute Gasteiger partial charge is 0.496 e. The molecule has 4 aromatic rings. The van der Waals surface area contributed by atoms with Gasteiger partial charge in [-0.05, 0) is 47.4 Å². The summed E-state index contributed by atoms with van der Waals surface area (Å²) in [5.74, 6) is -4.95. The number of methoxy groups -OCH3 is 1.